The lowest BCUT2D eigenvalue weighted by atomic mass is 10.1. The molecule has 0 amide bonds. The fraction of sp³-hybridized carbons (Fsp3) is 0.444. The summed E-state index contributed by atoms with van der Waals surface area (Å²) < 4.78 is 4.94. The number of nitrogens with two attached hydrogens (primary N) is 1. The van der Waals surface area contributed by atoms with Crippen LogP contribution in [0.2, 0.25) is 0 Å². The lowest BCUT2D eigenvalue weighted by Gasteiger charge is -2.09. The van der Waals surface area contributed by atoms with Gasteiger partial charge in [0.1, 0.15) is 0 Å². The standard InChI is InChI=1S/C9H15NO3/c1-6(9(11)12)4-8(13-3)5-7(2)10/h5-6H,2,4,10H2,1,3H3,(H,11,12)/b8-5+. The smallest absolute Gasteiger partial charge is 0.306 e. The van der Waals surface area contributed by atoms with Gasteiger partial charge in [-0.05, 0) is 6.08 Å². The van der Waals surface area contributed by atoms with E-state index in [-0.39, 0.29) is 0 Å². The third-order valence-electron chi connectivity index (χ3n) is 1.54. The van der Waals surface area contributed by atoms with Gasteiger partial charge in [0.15, 0.2) is 0 Å². The van der Waals surface area contributed by atoms with Crippen LogP contribution in [0.3, 0.4) is 0 Å². The molecule has 3 N–H and O–H groups in total. The molecule has 1 atom stereocenters. The normalized spacial score (nSPS) is 13.5. The maximum atomic E-state index is 10.5. The highest BCUT2D eigenvalue weighted by atomic mass is 16.5. The summed E-state index contributed by atoms with van der Waals surface area (Å²) in [4.78, 5) is 10.5. The van der Waals surface area contributed by atoms with Crippen molar-refractivity contribution in [2.75, 3.05) is 7.11 Å². The van der Waals surface area contributed by atoms with Crippen molar-refractivity contribution < 1.29 is 14.6 Å². The van der Waals surface area contributed by atoms with Crippen LogP contribution in [0.15, 0.2) is 24.1 Å². The quantitative estimate of drug-likeness (QED) is 0.497. The van der Waals surface area contributed by atoms with E-state index in [4.69, 9.17) is 15.6 Å². The fourth-order valence-electron chi connectivity index (χ4n) is 0.797. The van der Waals surface area contributed by atoms with Crippen LogP contribution in [0.5, 0.6) is 0 Å². The molecule has 0 aromatic heterocycles. The third-order valence-corrected chi connectivity index (χ3v) is 1.54. The van der Waals surface area contributed by atoms with Crippen molar-refractivity contribution in [2.24, 2.45) is 11.7 Å². The molecule has 13 heavy (non-hydrogen) atoms. The van der Waals surface area contributed by atoms with Gasteiger partial charge in [-0.2, -0.15) is 0 Å². The summed E-state index contributed by atoms with van der Waals surface area (Å²) in [6, 6.07) is 0. The Labute approximate surface area is 77.7 Å². The van der Waals surface area contributed by atoms with Gasteiger partial charge in [0.25, 0.3) is 0 Å². The molecule has 4 heteroatoms. The first-order valence-electron chi connectivity index (χ1n) is 3.89. The number of rotatable bonds is 5. The van der Waals surface area contributed by atoms with Crippen molar-refractivity contribution >= 4 is 5.97 Å². The molecule has 0 bridgehead atoms. The zero-order valence-electron chi connectivity index (χ0n) is 7.91. The number of methoxy groups -OCH3 is 1. The molecular weight excluding hydrogens is 170 g/mol. The summed E-state index contributed by atoms with van der Waals surface area (Å²) in [7, 11) is 1.48. The Kier molecular flexibility index (Phi) is 4.66. The van der Waals surface area contributed by atoms with Crippen LogP contribution >= 0.6 is 0 Å². The summed E-state index contributed by atoms with van der Waals surface area (Å²) >= 11 is 0. The number of allylic oxidation sites excluding steroid dienone is 2. The number of hydrogen-bond donors (Lipinski definition) is 2. The SMILES string of the molecule is C=C(N)/C=C(\CC(C)C(=O)O)OC. The highest BCUT2D eigenvalue weighted by Gasteiger charge is 2.13. The Morgan fingerprint density at radius 3 is 2.62 bits per heavy atom. The van der Waals surface area contributed by atoms with E-state index >= 15 is 0 Å². The number of carboxylic acids is 1. The van der Waals surface area contributed by atoms with E-state index in [0.717, 1.165) is 0 Å². The van der Waals surface area contributed by atoms with Crippen LogP contribution in [-0.2, 0) is 9.53 Å². The Balaban J connectivity index is 4.29. The summed E-state index contributed by atoms with van der Waals surface area (Å²) in [5.74, 6) is -0.807. The molecule has 0 aliphatic carbocycles. The molecule has 0 saturated carbocycles. The molecule has 0 rings (SSSR count). The first-order chi connectivity index (χ1) is 5.97. The van der Waals surface area contributed by atoms with Gasteiger partial charge >= 0.3 is 5.97 Å². The molecule has 0 aromatic carbocycles. The largest absolute Gasteiger partial charge is 0.501 e. The minimum Gasteiger partial charge on any atom is -0.501 e. The number of ether oxygens (including phenoxy) is 1. The Bertz CT molecular complexity index is 233. The molecule has 0 fully saturated rings. The number of carboxylic acid groups (broad SMARTS) is 1. The van der Waals surface area contributed by atoms with E-state index in [9.17, 15) is 4.79 Å². The van der Waals surface area contributed by atoms with Crippen molar-refractivity contribution in [2.45, 2.75) is 13.3 Å². The second-order valence-electron chi connectivity index (χ2n) is 2.83. The first-order valence-corrected chi connectivity index (χ1v) is 3.89. The second-order valence-corrected chi connectivity index (χ2v) is 2.83. The van der Waals surface area contributed by atoms with E-state index in [1.165, 1.54) is 13.2 Å². The number of carbonyl (C=O) groups is 1. The average molecular weight is 185 g/mol. The van der Waals surface area contributed by atoms with Gasteiger partial charge in [0, 0.05) is 12.1 Å². The van der Waals surface area contributed by atoms with Crippen LogP contribution in [-0.4, -0.2) is 18.2 Å². The van der Waals surface area contributed by atoms with Crippen molar-refractivity contribution in [1.29, 1.82) is 0 Å². The number of aliphatic carboxylic acids is 1. The molecule has 0 aliphatic rings. The first kappa shape index (κ1) is 11.6. The van der Waals surface area contributed by atoms with E-state index in [0.29, 0.717) is 17.9 Å². The molecule has 0 saturated heterocycles. The predicted molar refractivity (Wildman–Crippen MR) is 49.8 cm³/mol. The van der Waals surface area contributed by atoms with Crippen LogP contribution in [0, 0.1) is 5.92 Å². The summed E-state index contributed by atoms with van der Waals surface area (Å²) in [6.07, 6.45) is 1.85. The van der Waals surface area contributed by atoms with Gasteiger partial charge in [-0.15, -0.1) is 0 Å². The van der Waals surface area contributed by atoms with Gasteiger partial charge in [0.05, 0.1) is 18.8 Å². The molecular formula is C9H15NO3. The summed E-state index contributed by atoms with van der Waals surface area (Å²) in [6.45, 7) is 5.07. The summed E-state index contributed by atoms with van der Waals surface area (Å²) in [5, 5.41) is 8.62. The third kappa shape index (κ3) is 4.90. The lowest BCUT2D eigenvalue weighted by Crippen LogP contribution is -2.11. The topological polar surface area (TPSA) is 72.6 Å². The van der Waals surface area contributed by atoms with E-state index < -0.39 is 11.9 Å². The van der Waals surface area contributed by atoms with E-state index in [1.54, 1.807) is 6.92 Å². The van der Waals surface area contributed by atoms with Crippen molar-refractivity contribution in [3.8, 4) is 0 Å². The van der Waals surface area contributed by atoms with Gasteiger partial charge in [0.2, 0.25) is 0 Å². The van der Waals surface area contributed by atoms with Crippen molar-refractivity contribution in [3.05, 3.63) is 24.1 Å². The monoisotopic (exact) mass is 185 g/mol. The molecule has 0 aliphatic heterocycles. The maximum absolute atomic E-state index is 10.5. The molecule has 0 aromatic rings. The van der Waals surface area contributed by atoms with Crippen LogP contribution in [0.4, 0.5) is 0 Å². The van der Waals surface area contributed by atoms with E-state index in [2.05, 4.69) is 6.58 Å². The Morgan fingerprint density at radius 1 is 1.77 bits per heavy atom. The second kappa shape index (κ2) is 5.24. The van der Waals surface area contributed by atoms with Gasteiger partial charge < -0.3 is 15.6 Å². The maximum Gasteiger partial charge on any atom is 0.306 e. The highest BCUT2D eigenvalue weighted by Crippen LogP contribution is 2.12. The van der Waals surface area contributed by atoms with Gasteiger partial charge in [-0.1, -0.05) is 13.5 Å². The summed E-state index contributed by atoms with van der Waals surface area (Å²) in [5.41, 5.74) is 5.68. The number of hydrogen-bond acceptors (Lipinski definition) is 3. The van der Waals surface area contributed by atoms with Crippen LogP contribution in [0.1, 0.15) is 13.3 Å². The predicted octanol–water partition coefficient (Wildman–Crippen LogP) is 1.10. The molecule has 4 nitrogen and oxygen atoms in total. The molecule has 74 valence electrons. The lowest BCUT2D eigenvalue weighted by molar-refractivity contribution is -0.141. The highest BCUT2D eigenvalue weighted by molar-refractivity contribution is 5.69. The Morgan fingerprint density at radius 2 is 2.31 bits per heavy atom. The fourth-order valence-corrected chi connectivity index (χ4v) is 0.797. The van der Waals surface area contributed by atoms with Crippen LogP contribution in [0.25, 0.3) is 0 Å². The minimum absolute atomic E-state index is 0.321. The molecule has 1 unspecified atom stereocenters. The van der Waals surface area contributed by atoms with Crippen LogP contribution < -0.4 is 5.73 Å². The molecule has 0 radical (unpaired) electrons. The molecule has 0 heterocycles. The zero-order valence-corrected chi connectivity index (χ0v) is 7.91. The van der Waals surface area contributed by atoms with E-state index in [1.807, 2.05) is 0 Å². The van der Waals surface area contributed by atoms with Crippen molar-refractivity contribution in [3.63, 3.8) is 0 Å². The average Bonchev–Trinajstić information content (AvgIpc) is 2.02. The minimum atomic E-state index is -0.856. The van der Waals surface area contributed by atoms with Gasteiger partial charge in [-0.25, -0.2) is 0 Å². The molecule has 0 spiro atoms. The zero-order chi connectivity index (χ0) is 10.4. The van der Waals surface area contributed by atoms with Gasteiger partial charge in [-0.3, -0.25) is 4.79 Å². The Hall–Kier alpha value is -1.45. The van der Waals surface area contributed by atoms with Crippen molar-refractivity contribution in [1.82, 2.24) is 0 Å².